The number of anilines is 1. The zero-order chi connectivity index (χ0) is 34.5. The van der Waals surface area contributed by atoms with Crippen LogP contribution in [0, 0.1) is 0 Å². The smallest absolute Gasteiger partial charge is 0.383 e. The fourth-order valence-corrected chi connectivity index (χ4v) is 5.16. The molecular weight excluding hydrogens is 633 g/mol. The summed E-state index contributed by atoms with van der Waals surface area (Å²) in [6.07, 6.45) is -2.32. The number of rotatable bonds is 7. The monoisotopic (exact) mass is 662 g/mol. The number of H-pyrrole nitrogens is 1. The number of pyridine rings is 2. The maximum absolute atomic E-state index is 12.4. The second-order valence-electron chi connectivity index (χ2n) is 10.9. The number of hydrogen-bond donors (Lipinski definition) is 3. The number of aldehydes is 1. The van der Waals surface area contributed by atoms with E-state index in [-0.39, 0.29) is 5.69 Å². The van der Waals surface area contributed by atoms with Crippen molar-refractivity contribution in [3.8, 4) is 34.0 Å². The van der Waals surface area contributed by atoms with Crippen LogP contribution in [-0.2, 0) is 12.7 Å². The number of nitrogens with two attached hydrogens (primary N) is 1. The minimum Gasteiger partial charge on any atom is -0.383 e. The van der Waals surface area contributed by atoms with Crippen molar-refractivity contribution < 1.29 is 18.0 Å². The van der Waals surface area contributed by atoms with Crippen molar-refractivity contribution in [3.63, 3.8) is 0 Å². The predicted octanol–water partition coefficient (Wildman–Crippen LogP) is 6.45. The standard InChI is InChI=1S/C25H22N6.C11H7F3N2O2/c1-27-16-17-9-11-19(12-10-17)31-24(20-8-5-15-28-23(20)26)30-22-14-13-21(29-25(22)31)18-6-3-2-4-7-18;12-11(13,14)9-5-10(18)16(15-9)8-3-1-7(6-17)2-4-8/h2-15,27H,16H2,1H3,(H2,26,28);1-6,15H. The SMILES string of the molecule is CNCc1ccc(-n2c(-c3cccnc3N)nc3ccc(-c4ccccc4)nc32)cc1.O=Cc1ccc(-n2[nH]c(C(F)(F)F)cc2=O)cc1. The molecule has 4 aromatic heterocycles. The molecule has 49 heavy (non-hydrogen) atoms. The van der Waals surface area contributed by atoms with E-state index < -0.39 is 17.4 Å². The molecule has 7 aromatic rings. The first kappa shape index (κ1) is 32.6. The molecule has 13 heteroatoms. The van der Waals surface area contributed by atoms with Crippen LogP contribution in [0.5, 0.6) is 0 Å². The summed E-state index contributed by atoms with van der Waals surface area (Å²) in [5.74, 6) is 1.16. The van der Waals surface area contributed by atoms with Crippen LogP contribution in [0.2, 0.25) is 0 Å². The third kappa shape index (κ3) is 7.01. The lowest BCUT2D eigenvalue weighted by atomic mass is 10.1. The summed E-state index contributed by atoms with van der Waals surface area (Å²) in [6.45, 7) is 0.809. The highest BCUT2D eigenvalue weighted by molar-refractivity contribution is 5.84. The molecule has 0 aliphatic rings. The quantitative estimate of drug-likeness (QED) is 0.167. The number of alkyl halides is 3. The number of carbonyl (C=O) groups excluding carboxylic acids is 1. The van der Waals surface area contributed by atoms with E-state index in [1.165, 1.54) is 29.8 Å². The third-order valence-corrected chi connectivity index (χ3v) is 7.54. The Morgan fingerprint density at radius 2 is 1.59 bits per heavy atom. The number of halogens is 3. The molecule has 7 rings (SSSR count). The molecule has 0 unspecified atom stereocenters. The van der Waals surface area contributed by atoms with Gasteiger partial charge in [-0.25, -0.2) is 19.6 Å². The van der Waals surface area contributed by atoms with Crippen LogP contribution in [0.25, 0.3) is 45.2 Å². The van der Waals surface area contributed by atoms with Crippen LogP contribution < -0.4 is 16.6 Å². The highest BCUT2D eigenvalue weighted by atomic mass is 19.4. The number of hydrogen-bond acceptors (Lipinski definition) is 7. The molecule has 0 aliphatic heterocycles. The molecule has 3 aromatic carbocycles. The van der Waals surface area contributed by atoms with Crippen molar-refractivity contribution in [2.45, 2.75) is 12.7 Å². The van der Waals surface area contributed by atoms with Crippen LogP contribution >= 0.6 is 0 Å². The maximum Gasteiger partial charge on any atom is 0.432 e. The summed E-state index contributed by atoms with van der Waals surface area (Å²) in [4.78, 5) is 36.0. The van der Waals surface area contributed by atoms with Crippen LogP contribution in [0.1, 0.15) is 21.6 Å². The van der Waals surface area contributed by atoms with Crippen molar-refractivity contribution in [1.29, 1.82) is 0 Å². The van der Waals surface area contributed by atoms with Gasteiger partial charge in [-0.15, -0.1) is 0 Å². The van der Waals surface area contributed by atoms with Gasteiger partial charge in [0.15, 0.2) is 11.5 Å². The first-order valence-corrected chi connectivity index (χ1v) is 15.0. The molecule has 0 fully saturated rings. The molecular formula is C36H29F3N8O2. The van der Waals surface area contributed by atoms with Gasteiger partial charge < -0.3 is 11.1 Å². The van der Waals surface area contributed by atoms with Gasteiger partial charge in [0.05, 0.1) is 16.9 Å². The molecule has 0 bridgehead atoms. The summed E-state index contributed by atoms with van der Waals surface area (Å²) in [5, 5.41) is 5.15. The van der Waals surface area contributed by atoms with Gasteiger partial charge in [0.2, 0.25) is 0 Å². The van der Waals surface area contributed by atoms with Gasteiger partial charge in [0.1, 0.15) is 23.3 Å². The fourth-order valence-electron chi connectivity index (χ4n) is 5.16. The highest BCUT2D eigenvalue weighted by Gasteiger charge is 2.33. The summed E-state index contributed by atoms with van der Waals surface area (Å²) in [6, 6.07) is 32.4. The molecule has 0 radical (unpaired) electrons. The van der Waals surface area contributed by atoms with Crippen LogP contribution in [0.15, 0.2) is 120 Å². The van der Waals surface area contributed by atoms with Crippen molar-refractivity contribution in [2.24, 2.45) is 0 Å². The molecule has 4 heterocycles. The highest BCUT2D eigenvalue weighted by Crippen LogP contribution is 2.32. The van der Waals surface area contributed by atoms with Gasteiger partial charge in [-0.1, -0.05) is 42.5 Å². The van der Waals surface area contributed by atoms with E-state index in [0.29, 0.717) is 23.7 Å². The predicted molar refractivity (Wildman–Crippen MR) is 181 cm³/mol. The molecule has 0 atom stereocenters. The van der Waals surface area contributed by atoms with Crippen molar-refractivity contribution >= 4 is 23.3 Å². The average Bonchev–Trinajstić information content (AvgIpc) is 3.70. The Kier molecular flexibility index (Phi) is 9.18. The topological polar surface area (TPSA) is 137 Å². The third-order valence-electron chi connectivity index (χ3n) is 7.54. The second kappa shape index (κ2) is 13.8. The van der Waals surface area contributed by atoms with Gasteiger partial charge in [-0.2, -0.15) is 13.2 Å². The Morgan fingerprint density at radius 3 is 2.22 bits per heavy atom. The van der Waals surface area contributed by atoms with Crippen molar-refractivity contribution in [1.82, 2.24) is 34.6 Å². The zero-order valence-electron chi connectivity index (χ0n) is 26.0. The lowest BCUT2D eigenvalue weighted by Crippen LogP contribution is -2.13. The lowest BCUT2D eigenvalue weighted by Gasteiger charge is -2.11. The summed E-state index contributed by atoms with van der Waals surface area (Å²) in [7, 11) is 1.94. The lowest BCUT2D eigenvalue weighted by molar-refractivity contribution is -0.141. The molecule has 0 amide bonds. The molecule has 10 nitrogen and oxygen atoms in total. The Bertz CT molecular complexity index is 2280. The van der Waals surface area contributed by atoms with Crippen LogP contribution in [0.3, 0.4) is 0 Å². The number of carbonyl (C=O) groups is 1. The molecule has 4 N–H and O–H groups in total. The largest absolute Gasteiger partial charge is 0.432 e. The first-order valence-electron chi connectivity index (χ1n) is 15.0. The summed E-state index contributed by atoms with van der Waals surface area (Å²) in [5.41, 5.74) is 11.4. The molecule has 0 saturated carbocycles. The summed E-state index contributed by atoms with van der Waals surface area (Å²) >= 11 is 0. The minimum atomic E-state index is -4.60. The Hall–Kier alpha value is -6.34. The number of nitrogens with one attached hydrogen (secondary N) is 2. The van der Waals surface area contributed by atoms with Crippen LogP contribution in [-0.4, -0.2) is 42.6 Å². The zero-order valence-corrected chi connectivity index (χ0v) is 26.0. The number of benzene rings is 3. The molecule has 0 saturated heterocycles. The number of nitrogen functional groups attached to an aromatic ring is 1. The fraction of sp³-hybridized carbons (Fsp3) is 0.0833. The van der Waals surface area contributed by atoms with Gasteiger partial charge >= 0.3 is 6.18 Å². The van der Waals surface area contributed by atoms with E-state index in [2.05, 4.69) is 51.3 Å². The normalized spacial score (nSPS) is 11.3. The Morgan fingerprint density at radius 1 is 0.878 bits per heavy atom. The molecule has 246 valence electrons. The van der Waals surface area contributed by atoms with Crippen LogP contribution in [0.4, 0.5) is 19.0 Å². The second-order valence-corrected chi connectivity index (χ2v) is 10.9. The number of imidazole rings is 1. The van der Waals surface area contributed by atoms with E-state index in [4.69, 9.17) is 15.7 Å². The van der Waals surface area contributed by atoms with Crippen molar-refractivity contribution in [2.75, 3.05) is 12.8 Å². The number of fused-ring (bicyclic) bond motifs is 1. The van der Waals surface area contributed by atoms with Gasteiger partial charge in [0.25, 0.3) is 5.56 Å². The maximum atomic E-state index is 12.4. The number of aromatic amines is 1. The Balaban J connectivity index is 0.000000197. The Labute approximate surface area is 277 Å². The van der Waals surface area contributed by atoms with Gasteiger partial charge in [-0.3, -0.25) is 19.3 Å². The van der Waals surface area contributed by atoms with Gasteiger partial charge in [0, 0.05) is 35.6 Å². The van der Waals surface area contributed by atoms with E-state index in [9.17, 15) is 22.8 Å². The van der Waals surface area contributed by atoms with E-state index in [0.717, 1.165) is 50.7 Å². The summed E-state index contributed by atoms with van der Waals surface area (Å²) < 4.78 is 40.0. The average molecular weight is 663 g/mol. The van der Waals surface area contributed by atoms with E-state index >= 15 is 0 Å². The first-order chi connectivity index (χ1) is 23.7. The minimum absolute atomic E-state index is 0.223. The van der Waals surface area contributed by atoms with E-state index in [1.54, 1.807) is 6.20 Å². The van der Waals surface area contributed by atoms with Crippen molar-refractivity contribution in [3.05, 3.63) is 143 Å². The number of nitrogens with zero attached hydrogens (tertiary/aromatic N) is 5. The number of aromatic nitrogens is 6. The molecule has 0 spiro atoms. The van der Waals surface area contributed by atoms with Gasteiger partial charge in [-0.05, 0) is 73.3 Å². The molecule has 0 aliphatic carbocycles. The van der Waals surface area contributed by atoms with E-state index in [1.807, 2.05) is 54.6 Å².